The third-order valence-corrected chi connectivity index (χ3v) is 2.65. The molecule has 2 aromatic rings. The van der Waals surface area contributed by atoms with Crippen LogP contribution in [0.1, 0.15) is 5.56 Å². The van der Waals surface area contributed by atoms with Crippen LogP contribution in [0.3, 0.4) is 0 Å². The number of hydrogen-bond donors (Lipinski definition) is 0. The molecule has 2 rings (SSSR count). The molecular weight excluding hydrogens is 254 g/mol. The van der Waals surface area contributed by atoms with Crippen molar-refractivity contribution in [1.82, 2.24) is 0 Å². The van der Waals surface area contributed by atoms with Gasteiger partial charge in [0.05, 0.1) is 11.0 Å². The largest absolute Gasteiger partial charge is 0.457 e. The van der Waals surface area contributed by atoms with Crippen LogP contribution in [0.5, 0.6) is 11.5 Å². The van der Waals surface area contributed by atoms with Crippen LogP contribution in [0.4, 0.5) is 5.69 Å². The highest BCUT2D eigenvalue weighted by atomic mass is 35.5. The fourth-order valence-electron chi connectivity index (χ4n) is 1.44. The lowest BCUT2D eigenvalue weighted by Gasteiger charge is -2.05. The Balaban J connectivity index is 2.17. The summed E-state index contributed by atoms with van der Waals surface area (Å²) in [5.41, 5.74) is 0.993. The molecule has 0 radical (unpaired) electrons. The number of non-ortho nitro benzene ring substituents is 1. The Bertz CT molecular complexity index is 554. The van der Waals surface area contributed by atoms with E-state index in [1.165, 1.54) is 12.1 Å². The molecule has 0 bridgehead atoms. The number of nitro groups is 1. The van der Waals surface area contributed by atoms with Crippen molar-refractivity contribution in [1.29, 1.82) is 0 Å². The molecule has 0 amide bonds. The van der Waals surface area contributed by atoms with Gasteiger partial charge in [-0.15, -0.1) is 11.6 Å². The van der Waals surface area contributed by atoms with E-state index >= 15 is 0 Å². The molecule has 0 saturated carbocycles. The summed E-state index contributed by atoms with van der Waals surface area (Å²) >= 11 is 5.68. The van der Waals surface area contributed by atoms with Crippen molar-refractivity contribution in [2.75, 3.05) is 0 Å². The molecule has 5 heteroatoms. The van der Waals surface area contributed by atoms with Crippen LogP contribution >= 0.6 is 11.6 Å². The smallest absolute Gasteiger partial charge is 0.273 e. The third kappa shape index (κ3) is 2.99. The second-order valence-corrected chi connectivity index (χ2v) is 3.90. The van der Waals surface area contributed by atoms with Crippen molar-refractivity contribution >= 4 is 17.3 Å². The molecule has 0 spiro atoms. The van der Waals surface area contributed by atoms with Gasteiger partial charge in [-0.3, -0.25) is 10.1 Å². The first-order valence-electron chi connectivity index (χ1n) is 5.26. The Morgan fingerprint density at radius 2 is 1.83 bits per heavy atom. The zero-order valence-corrected chi connectivity index (χ0v) is 10.1. The third-order valence-electron chi connectivity index (χ3n) is 2.34. The number of nitrogens with zero attached hydrogens (tertiary/aromatic N) is 1. The predicted octanol–water partition coefficient (Wildman–Crippen LogP) is 4.13. The van der Waals surface area contributed by atoms with Gasteiger partial charge in [-0.1, -0.05) is 18.2 Å². The molecule has 0 aliphatic carbocycles. The van der Waals surface area contributed by atoms with Gasteiger partial charge < -0.3 is 4.74 Å². The average Bonchev–Trinajstić information content (AvgIpc) is 2.40. The number of rotatable bonds is 4. The fraction of sp³-hybridized carbons (Fsp3) is 0.0769. The fourth-order valence-corrected chi connectivity index (χ4v) is 1.62. The van der Waals surface area contributed by atoms with Gasteiger partial charge in [-0.25, -0.2) is 0 Å². The second-order valence-electron chi connectivity index (χ2n) is 3.63. The van der Waals surface area contributed by atoms with Gasteiger partial charge in [0.15, 0.2) is 0 Å². The number of halogens is 1. The van der Waals surface area contributed by atoms with Gasteiger partial charge in [-0.05, 0) is 23.8 Å². The minimum Gasteiger partial charge on any atom is -0.457 e. The molecule has 0 aromatic heterocycles. The summed E-state index contributed by atoms with van der Waals surface area (Å²) in [6.45, 7) is 0. The molecule has 0 heterocycles. The monoisotopic (exact) mass is 263 g/mol. The maximum Gasteiger partial charge on any atom is 0.273 e. The Hall–Kier alpha value is -2.07. The highest BCUT2D eigenvalue weighted by Crippen LogP contribution is 2.25. The summed E-state index contributed by atoms with van der Waals surface area (Å²) < 4.78 is 5.52. The molecule has 0 fully saturated rings. The normalized spacial score (nSPS) is 10.1. The van der Waals surface area contributed by atoms with Crippen molar-refractivity contribution in [2.45, 2.75) is 5.88 Å². The van der Waals surface area contributed by atoms with Crippen LogP contribution in [0.25, 0.3) is 0 Å². The molecule has 18 heavy (non-hydrogen) atoms. The number of nitro benzene ring substituents is 1. The Kier molecular flexibility index (Phi) is 3.79. The van der Waals surface area contributed by atoms with E-state index < -0.39 is 4.92 Å². The number of ether oxygens (including phenoxy) is 1. The first-order valence-corrected chi connectivity index (χ1v) is 5.80. The zero-order valence-electron chi connectivity index (χ0n) is 9.38. The topological polar surface area (TPSA) is 52.4 Å². The molecule has 92 valence electrons. The molecule has 0 N–H and O–H groups in total. The summed E-state index contributed by atoms with van der Waals surface area (Å²) in [7, 11) is 0. The summed E-state index contributed by atoms with van der Waals surface area (Å²) in [5.74, 6) is 1.49. The maximum atomic E-state index is 10.6. The van der Waals surface area contributed by atoms with Crippen molar-refractivity contribution in [3.63, 3.8) is 0 Å². The summed E-state index contributed by atoms with van der Waals surface area (Å²) in [6.07, 6.45) is 0. The highest BCUT2D eigenvalue weighted by molar-refractivity contribution is 6.17. The van der Waals surface area contributed by atoms with Crippen LogP contribution < -0.4 is 4.74 Å². The van der Waals surface area contributed by atoms with E-state index in [0.717, 1.165) is 5.56 Å². The summed E-state index contributed by atoms with van der Waals surface area (Å²) in [6, 6.07) is 13.3. The van der Waals surface area contributed by atoms with Crippen LogP contribution in [-0.4, -0.2) is 4.92 Å². The van der Waals surface area contributed by atoms with Gasteiger partial charge in [0.1, 0.15) is 11.5 Å². The maximum absolute atomic E-state index is 10.6. The quantitative estimate of drug-likeness (QED) is 0.473. The second kappa shape index (κ2) is 5.51. The SMILES string of the molecule is O=[N+]([O-])c1cccc(Oc2ccc(CCl)cc2)c1. The average molecular weight is 264 g/mol. The van der Waals surface area contributed by atoms with E-state index in [9.17, 15) is 10.1 Å². The van der Waals surface area contributed by atoms with Gasteiger partial charge >= 0.3 is 0 Å². The van der Waals surface area contributed by atoms with Crippen molar-refractivity contribution in [3.05, 3.63) is 64.2 Å². The van der Waals surface area contributed by atoms with E-state index in [-0.39, 0.29) is 5.69 Å². The Morgan fingerprint density at radius 1 is 1.11 bits per heavy atom. The number of hydrogen-bond acceptors (Lipinski definition) is 3. The van der Waals surface area contributed by atoms with Crippen molar-refractivity contribution in [3.8, 4) is 11.5 Å². The van der Waals surface area contributed by atoms with Crippen LogP contribution in [0, 0.1) is 10.1 Å². The first kappa shape index (κ1) is 12.4. The van der Waals surface area contributed by atoms with Gasteiger partial charge in [-0.2, -0.15) is 0 Å². The molecule has 0 aliphatic rings. The van der Waals surface area contributed by atoms with Crippen molar-refractivity contribution in [2.24, 2.45) is 0 Å². The zero-order chi connectivity index (χ0) is 13.0. The van der Waals surface area contributed by atoms with Crippen LogP contribution in [0.2, 0.25) is 0 Å². The summed E-state index contributed by atoms with van der Waals surface area (Å²) in [5, 5.41) is 10.6. The highest BCUT2D eigenvalue weighted by Gasteiger charge is 2.06. The Morgan fingerprint density at radius 3 is 2.44 bits per heavy atom. The van der Waals surface area contributed by atoms with E-state index in [0.29, 0.717) is 17.4 Å². The van der Waals surface area contributed by atoms with E-state index in [1.54, 1.807) is 24.3 Å². The molecule has 4 nitrogen and oxygen atoms in total. The van der Waals surface area contributed by atoms with E-state index in [4.69, 9.17) is 16.3 Å². The van der Waals surface area contributed by atoms with Gasteiger partial charge in [0.2, 0.25) is 0 Å². The molecular formula is C13H10ClNO3. The van der Waals surface area contributed by atoms with Gasteiger partial charge in [0.25, 0.3) is 5.69 Å². The molecule has 0 unspecified atom stereocenters. The molecule has 0 atom stereocenters. The lowest BCUT2D eigenvalue weighted by molar-refractivity contribution is -0.384. The van der Waals surface area contributed by atoms with E-state index in [1.807, 2.05) is 12.1 Å². The van der Waals surface area contributed by atoms with Gasteiger partial charge in [0, 0.05) is 11.9 Å². The molecule has 0 saturated heterocycles. The van der Waals surface area contributed by atoms with Crippen molar-refractivity contribution < 1.29 is 9.66 Å². The number of benzene rings is 2. The minimum atomic E-state index is -0.455. The predicted molar refractivity (Wildman–Crippen MR) is 69.2 cm³/mol. The lowest BCUT2D eigenvalue weighted by atomic mass is 10.2. The first-order chi connectivity index (χ1) is 8.69. The Labute approximate surface area is 109 Å². The minimum absolute atomic E-state index is 0.00452. The molecule has 2 aromatic carbocycles. The lowest BCUT2D eigenvalue weighted by Crippen LogP contribution is -1.89. The molecule has 0 aliphatic heterocycles. The van der Waals surface area contributed by atoms with Crippen LogP contribution in [0.15, 0.2) is 48.5 Å². The van der Waals surface area contributed by atoms with E-state index in [2.05, 4.69) is 0 Å². The van der Waals surface area contributed by atoms with Crippen LogP contribution in [-0.2, 0) is 5.88 Å². The number of alkyl halides is 1. The summed E-state index contributed by atoms with van der Waals surface area (Å²) in [4.78, 5) is 10.2. The standard InChI is InChI=1S/C13H10ClNO3/c14-9-10-4-6-12(7-5-10)18-13-3-1-2-11(8-13)15(16)17/h1-8H,9H2.